The summed E-state index contributed by atoms with van der Waals surface area (Å²) in [7, 11) is 1.88. The Hall–Kier alpha value is -0.480. The van der Waals surface area contributed by atoms with E-state index in [0.717, 1.165) is 24.5 Å². The number of amides is 1. The number of thioether (sulfide) groups is 1. The molecule has 0 aromatic heterocycles. The van der Waals surface area contributed by atoms with Gasteiger partial charge in [0.1, 0.15) is 0 Å². The minimum absolute atomic E-state index is 0.00262. The first-order chi connectivity index (χ1) is 7.83. The number of likely N-dealkylation sites (N-methyl/N-ethyl adjacent to an activating group) is 1. The molecule has 16 heavy (non-hydrogen) atoms. The van der Waals surface area contributed by atoms with Crippen molar-refractivity contribution in [2.75, 3.05) is 25.1 Å². The molecule has 2 atom stereocenters. The van der Waals surface area contributed by atoms with Crippen LogP contribution in [0.25, 0.3) is 0 Å². The van der Waals surface area contributed by atoms with Crippen molar-refractivity contribution in [3.05, 3.63) is 12.2 Å². The van der Waals surface area contributed by atoms with E-state index >= 15 is 0 Å². The number of carbonyl (C=O) groups is 1. The van der Waals surface area contributed by atoms with E-state index < -0.39 is 0 Å². The predicted octanol–water partition coefficient (Wildman–Crippen LogP) is 1.26. The summed E-state index contributed by atoms with van der Waals surface area (Å²) in [4.78, 5) is 14.4. The van der Waals surface area contributed by atoms with Gasteiger partial charge in [0.2, 0.25) is 5.91 Å². The van der Waals surface area contributed by atoms with E-state index in [9.17, 15) is 4.79 Å². The molecule has 4 heteroatoms. The van der Waals surface area contributed by atoms with Crippen molar-refractivity contribution in [2.45, 2.75) is 31.3 Å². The third-order valence-corrected chi connectivity index (χ3v) is 4.36. The number of allylic oxidation sites excluding steroid dienone is 1. The lowest BCUT2D eigenvalue weighted by Gasteiger charge is -2.32. The molecule has 2 unspecified atom stereocenters. The molecular formula is C12H20N2OS. The van der Waals surface area contributed by atoms with Gasteiger partial charge in [-0.2, -0.15) is 11.8 Å². The quantitative estimate of drug-likeness (QED) is 0.738. The Labute approximate surface area is 102 Å². The number of hydrogen-bond acceptors (Lipinski definition) is 3. The normalized spacial score (nSPS) is 31.6. The Balaban J connectivity index is 2.08. The van der Waals surface area contributed by atoms with Crippen molar-refractivity contribution in [3.8, 4) is 0 Å². The first-order valence-corrected chi connectivity index (χ1v) is 7.20. The minimum Gasteiger partial charge on any atom is -0.334 e. The molecule has 2 aliphatic rings. The molecule has 2 rings (SSSR count). The first kappa shape index (κ1) is 12.0. The van der Waals surface area contributed by atoms with Gasteiger partial charge in [-0.25, -0.2) is 0 Å². The van der Waals surface area contributed by atoms with Crippen molar-refractivity contribution in [2.24, 2.45) is 0 Å². The van der Waals surface area contributed by atoms with E-state index in [1.807, 2.05) is 18.8 Å². The molecule has 0 aromatic rings. The summed E-state index contributed by atoms with van der Waals surface area (Å²) in [5.74, 6) is 2.25. The van der Waals surface area contributed by atoms with Crippen molar-refractivity contribution in [1.82, 2.24) is 10.2 Å². The van der Waals surface area contributed by atoms with E-state index in [2.05, 4.69) is 22.4 Å². The molecule has 90 valence electrons. The second-order valence-electron chi connectivity index (χ2n) is 4.37. The molecule has 1 N–H and O–H groups in total. The van der Waals surface area contributed by atoms with E-state index in [1.54, 1.807) is 0 Å². The molecule has 1 fully saturated rings. The summed E-state index contributed by atoms with van der Waals surface area (Å²) in [5.41, 5.74) is 0. The van der Waals surface area contributed by atoms with Crippen molar-refractivity contribution in [3.63, 3.8) is 0 Å². The van der Waals surface area contributed by atoms with Crippen LogP contribution in [-0.4, -0.2) is 48.0 Å². The molecular weight excluding hydrogens is 220 g/mol. The Morgan fingerprint density at radius 1 is 1.56 bits per heavy atom. The van der Waals surface area contributed by atoms with Crippen LogP contribution in [0.5, 0.6) is 0 Å². The molecule has 3 nitrogen and oxygen atoms in total. The Morgan fingerprint density at radius 3 is 3.12 bits per heavy atom. The molecule has 1 saturated heterocycles. The van der Waals surface area contributed by atoms with Crippen LogP contribution < -0.4 is 5.32 Å². The van der Waals surface area contributed by atoms with Gasteiger partial charge in [0, 0.05) is 18.1 Å². The second-order valence-corrected chi connectivity index (χ2v) is 5.52. The van der Waals surface area contributed by atoms with Gasteiger partial charge >= 0.3 is 0 Å². The van der Waals surface area contributed by atoms with Crippen LogP contribution in [0.15, 0.2) is 12.2 Å². The van der Waals surface area contributed by atoms with Gasteiger partial charge in [0.15, 0.2) is 0 Å². The van der Waals surface area contributed by atoms with Crippen LogP contribution in [0.4, 0.5) is 0 Å². The maximum absolute atomic E-state index is 12.3. The van der Waals surface area contributed by atoms with Crippen LogP contribution in [0.3, 0.4) is 0 Å². The molecule has 0 radical (unpaired) electrons. The third-order valence-electron chi connectivity index (χ3n) is 3.32. The SMILES string of the molecule is CNC1CSCCN(C2C=CCCC2)C1=O. The minimum atomic E-state index is 0.00262. The number of nitrogens with one attached hydrogen (secondary N) is 1. The van der Waals surface area contributed by atoms with Gasteiger partial charge in [-0.1, -0.05) is 12.2 Å². The average molecular weight is 240 g/mol. The van der Waals surface area contributed by atoms with E-state index in [4.69, 9.17) is 0 Å². The van der Waals surface area contributed by atoms with E-state index in [1.165, 1.54) is 12.8 Å². The topological polar surface area (TPSA) is 32.3 Å². The zero-order chi connectivity index (χ0) is 11.4. The molecule has 1 aliphatic heterocycles. The monoisotopic (exact) mass is 240 g/mol. The highest BCUT2D eigenvalue weighted by Crippen LogP contribution is 2.21. The van der Waals surface area contributed by atoms with E-state index in [-0.39, 0.29) is 11.9 Å². The molecule has 1 aliphatic carbocycles. The maximum atomic E-state index is 12.3. The van der Waals surface area contributed by atoms with Crippen molar-refractivity contribution >= 4 is 17.7 Å². The Kier molecular flexibility index (Phi) is 4.29. The molecule has 1 amide bonds. The van der Waals surface area contributed by atoms with Crippen molar-refractivity contribution < 1.29 is 4.79 Å². The average Bonchev–Trinajstić information content (AvgIpc) is 2.52. The summed E-state index contributed by atoms with van der Waals surface area (Å²) in [6, 6.07) is 0.346. The second kappa shape index (κ2) is 5.73. The zero-order valence-electron chi connectivity index (χ0n) is 9.82. The smallest absolute Gasteiger partial charge is 0.241 e. The molecule has 0 bridgehead atoms. The van der Waals surface area contributed by atoms with Crippen LogP contribution in [-0.2, 0) is 4.79 Å². The number of hydrogen-bond donors (Lipinski definition) is 1. The number of nitrogens with zero attached hydrogens (tertiary/aromatic N) is 1. The van der Waals surface area contributed by atoms with Crippen LogP contribution >= 0.6 is 11.8 Å². The molecule has 0 saturated carbocycles. The number of rotatable bonds is 2. The van der Waals surface area contributed by atoms with Gasteiger partial charge in [-0.15, -0.1) is 0 Å². The molecule has 1 heterocycles. The largest absolute Gasteiger partial charge is 0.334 e. The van der Waals surface area contributed by atoms with Crippen molar-refractivity contribution in [1.29, 1.82) is 0 Å². The standard InChI is InChI=1S/C12H20N2OS/c1-13-11-9-16-8-7-14(12(11)15)10-5-3-2-4-6-10/h3,5,10-11,13H,2,4,6-9H2,1H3. The van der Waals surface area contributed by atoms with Crippen LogP contribution in [0.1, 0.15) is 19.3 Å². The zero-order valence-corrected chi connectivity index (χ0v) is 10.6. The summed E-state index contributed by atoms with van der Waals surface area (Å²) in [5, 5.41) is 3.13. The van der Waals surface area contributed by atoms with Gasteiger partial charge in [-0.3, -0.25) is 4.79 Å². The maximum Gasteiger partial charge on any atom is 0.241 e. The predicted molar refractivity (Wildman–Crippen MR) is 68.7 cm³/mol. The fourth-order valence-electron chi connectivity index (χ4n) is 2.34. The Bertz CT molecular complexity index is 280. The van der Waals surface area contributed by atoms with Crippen LogP contribution in [0, 0.1) is 0 Å². The molecule has 0 spiro atoms. The number of carbonyl (C=O) groups excluding carboxylic acids is 1. The highest BCUT2D eigenvalue weighted by atomic mass is 32.2. The third kappa shape index (κ3) is 2.61. The fraction of sp³-hybridized carbons (Fsp3) is 0.750. The fourth-order valence-corrected chi connectivity index (χ4v) is 3.37. The highest BCUT2D eigenvalue weighted by molar-refractivity contribution is 7.99. The Morgan fingerprint density at radius 2 is 2.44 bits per heavy atom. The summed E-state index contributed by atoms with van der Waals surface area (Å²) in [6.07, 6.45) is 7.94. The molecule has 0 aromatic carbocycles. The summed E-state index contributed by atoms with van der Waals surface area (Å²) >= 11 is 1.87. The summed E-state index contributed by atoms with van der Waals surface area (Å²) in [6.45, 7) is 0.899. The van der Waals surface area contributed by atoms with Crippen LogP contribution in [0.2, 0.25) is 0 Å². The lowest BCUT2D eigenvalue weighted by molar-refractivity contribution is -0.133. The highest BCUT2D eigenvalue weighted by Gasteiger charge is 2.30. The van der Waals surface area contributed by atoms with Gasteiger partial charge in [-0.05, 0) is 26.3 Å². The van der Waals surface area contributed by atoms with Gasteiger partial charge in [0.05, 0.1) is 12.1 Å². The van der Waals surface area contributed by atoms with E-state index in [0.29, 0.717) is 6.04 Å². The van der Waals surface area contributed by atoms with Gasteiger partial charge < -0.3 is 10.2 Å². The first-order valence-electron chi connectivity index (χ1n) is 6.05. The lowest BCUT2D eigenvalue weighted by Crippen LogP contribution is -2.49. The lowest BCUT2D eigenvalue weighted by atomic mass is 10.0. The van der Waals surface area contributed by atoms with Gasteiger partial charge in [0.25, 0.3) is 0 Å². The summed E-state index contributed by atoms with van der Waals surface area (Å²) < 4.78 is 0.